The van der Waals surface area contributed by atoms with Gasteiger partial charge in [0.15, 0.2) is 0 Å². The molecule has 17 heavy (non-hydrogen) atoms. The van der Waals surface area contributed by atoms with Gasteiger partial charge in [-0.1, -0.05) is 25.3 Å². The quantitative estimate of drug-likeness (QED) is 0.297. The Labute approximate surface area is 106 Å². The minimum absolute atomic E-state index is 0.269. The second kappa shape index (κ2) is 8.67. The van der Waals surface area contributed by atoms with Crippen molar-refractivity contribution in [2.24, 2.45) is 11.8 Å². The van der Waals surface area contributed by atoms with Crippen molar-refractivity contribution < 1.29 is 4.74 Å². The summed E-state index contributed by atoms with van der Waals surface area (Å²) in [5.74, 6) is 6.36. The van der Waals surface area contributed by atoms with E-state index in [0.29, 0.717) is 5.92 Å². The molecule has 0 saturated heterocycles. The summed E-state index contributed by atoms with van der Waals surface area (Å²) in [6.45, 7) is 3.76. The number of ether oxygens (including phenoxy) is 1. The second-order valence-corrected chi connectivity index (χ2v) is 5.09. The molecule has 0 bridgehead atoms. The van der Waals surface area contributed by atoms with Crippen LogP contribution in [0.2, 0.25) is 0 Å². The first-order chi connectivity index (χ1) is 8.33. The van der Waals surface area contributed by atoms with Gasteiger partial charge in [-0.3, -0.25) is 11.3 Å². The standard InChI is InChI=1S/C14H28N2O/c1-3-4-6-11-13(16-15)14(17-2)12-9-7-5-8-10-12/h3,12-14,16H,1,4-11,15H2,2H3. The average Bonchev–Trinajstić information content (AvgIpc) is 2.39. The highest BCUT2D eigenvalue weighted by Gasteiger charge is 2.29. The van der Waals surface area contributed by atoms with Gasteiger partial charge in [-0.05, 0) is 38.0 Å². The number of methoxy groups -OCH3 is 1. The number of hydrogen-bond acceptors (Lipinski definition) is 3. The van der Waals surface area contributed by atoms with Crippen molar-refractivity contribution in [1.29, 1.82) is 0 Å². The van der Waals surface area contributed by atoms with Crippen LogP contribution in [0.15, 0.2) is 12.7 Å². The average molecular weight is 240 g/mol. The van der Waals surface area contributed by atoms with Gasteiger partial charge in [-0.2, -0.15) is 0 Å². The zero-order valence-corrected chi connectivity index (χ0v) is 11.2. The number of nitrogens with one attached hydrogen (secondary N) is 1. The molecule has 3 heteroatoms. The van der Waals surface area contributed by atoms with E-state index in [1.807, 2.05) is 13.2 Å². The third-order valence-electron chi connectivity index (χ3n) is 3.92. The summed E-state index contributed by atoms with van der Waals surface area (Å²) in [5, 5.41) is 0. The molecule has 3 N–H and O–H groups in total. The monoisotopic (exact) mass is 240 g/mol. The lowest BCUT2D eigenvalue weighted by atomic mass is 9.81. The Kier molecular flexibility index (Phi) is 7.49. The fourth-order valence-corrected chi connectivity index (χ4v) is 2.97. The zero-order chi connectivity index (χ0) is 12.5. The number of unbranched alkanes of at least 4 members (excludes halogenated alkanes) is 1. The molecule has 1 fully saturated rings. The van der Waals surface area contributed by atoms with Gasteiger partial charge in [0.05, 0.1) is 6.10 Å². The van der Waals surface area contributed by atoms with E-state index in [4.69, 9.17) is 10.6 Å². The Balaban J connectivity index is 2.45. The molecule has 0 radical (unpaired) electrons. The van der Waals surface area contributed by atoms with Crippen molar-refractivity contribution >= 4 is 0 Å². The van der Waals surface area contributed by atoms with Gasteiger partial charge in [0.25, 0.3) is 0 Å². The minimum atomic E-state index is 0.269. The van der Waals surface area contributed by atoms with Gasteiger partial charge in [-0.15, -0.1) is 6.58 Å². The molecule has 2 atom stereocenters. The first-order valence-corrected chi connectivity index (χ1v) is 6.93. The van der Waals surface area contributed by atoms with E-state index < -0.39 is 0 Å². The number of hydrazine groups is 1. The minimum Gasteiger partial charge on any atom is -0.379 e. The molecule has 1 aliphatic carbocycles. The maximum atomic E-state index is 5.71. The van der Waals surface area contributed by atoms with Crippen LogP contribution in [-0.4, -0.2) is 19.3 Å². The summed E-state index contributed by atoms with van der Waals surface area (Å²) >= 11 is 0. The van der Waals surface area contributed by atoms with E-state index in [-0.39, 0.29) is 12.1 Å². The van der Waals surface area contributed by atoms with Crippen LogP contribution in [0, 0.1) is 5.92 Å². The van der Waals surface area contributed by atoms with Crippen molar-refractivity contribution in [2.45, 2.75) is 63.5 Å². The van der Waals surface area contributed by atoms with Crippen LogP contribution in [0.3, 0.4) is 0 Å². The molecule has 2 unspecified atom stereocenters. The normalized spacial score (nSPS) is 21.1. The molecule has 0 amide bonds. The van der Waals surface area contributed by atoms with E-state index in [9.17, 15) is 0 Å². The maximum Gasteiger partial charge on any atom is 0.0765 e. The van der Waals surface area contributed by atoms with Crippen molar-refractivity contribution in [1.82, 2.24) is 5.43 Å². The molecule has 0 aliphatic heterocycles. The van der Waals surface area contributed by atoms with Crippen molar-refractivity contribution in [3.05, 3.63) is 12.7 Å². The number of nitrogens with two attached hydrogens (primary N) is 1. The van der Waals surface area contributed by atoms with Gasteiger partial charge in [0.2, 0.25) is 0 Å². The van der Waals surface area contributed by atoms with Crippen LogP contribution < -0.4 is 11.3 Å². The van der Waals surface area contributed by atoms with Crippen molar-refractivity contribution in [3.8, 4) is 0 Å². The fourth-order valence-electron chi connectivity index (χ4n) is 2.97. The van der Waals surface area contributed by atoms with Crippen LogP contribution in [0.5, 0.6) is 0 Å². The van der Waals surface area contributed by atoms with Gasteiger partial charge in [0.1, 0.15) is 0 Å². The van der Waals surface area contributed by atoms with Crippen LogP contribution in [0.25, 0.3) is 0 Å². The molecule has 0 spiro atoms. The Morgan fingerprint density at radius 2 is 2.12 bits per heavy atom. The summed E-state index contributed by atoms with van der Waals surface area (Å²) < 4.78 is 5.71. The molecule has 1 rings (SSSR count). The molecular weight excluding hydrogens is 212 g/mol. The molecule has 0 heterocycles. The SMILES string of the molecule is C=CCCCC(NN)C(OC)C1CCCCC1. The summed E-state index contributed by atoms with van der Waals surface area (Å²) in [6.07, 6.45) is 12.1. The first-order valence-electron chi connectivity index (χ1n) is 6.93. The van der Waals surface area contributed by atoms with Crippen LogP contribution in [-0.2, 0) is 4.74 Å². The molecular formula is C14H28N2O. The van der Waals surface area contributed by atoms with E-state index >= 15 is 0 Å². The summed E-state index contributed by atoms with van der Waals surface area (Å²) in [4.78, 5) is 0. The van der Waals surface area contributed by atoms with E-state index in [1.165, 1.54) is 32.1 Å². The van der Waals surface area contributed by atoms with Gasteiger partial charge >= 0.3 is 0 Å². The zero-order valence-electron chi connectivity index (χ0n) is 11.2. The smallest absolute Gasteiger partial charge is 0.0765 e. The fraction of sp³-hybridized carbons (Fsp3) is 0.857. The topological polar surface area (TPSA) is 47.3 Å². The Hall–Kier alpha value is -0.380. The predicted octanol–water partition coefficient (Wildman–Crippen LogP) is 2.77. The maximum absolute atomic E-state index is 5.71. The van der Waals surface area contributed by atoms with Gasteiger partial charge < -0.3 is 4.74 Å². The van der Waals surface area contributed by atoms with Crippen LogP contribution >= 0.6 is 0 Å². The highest BCUT2D eigenvalue weighted by molar-refractivity contribution is 4.84. The summed E-state index contributed by atoms with van der Waals surface area (Å²) in [7, 11) is 1.82. The molecule has 0 aromatic heterocycles. The number of rotatable bonds is 8. The number of hydrogen-bond donors (Lipinski definition) is 2. The van der Waals surface area contributed by atoms with Crippen molar-refractivity contribution in [2.75, 3.05) is 7.11 Å². The lowest BCUT2D eigenvalue weighted by Gasteiger charge is -2.34. The summed E-state index contributed by atoms with van der Waals surface area (Å²) in [6, 6.07) is 0.281. The van der Waals surface area contributed by atoms with Gasteiger partial charge in [-0.25, -0.2) is 0 Å². The van der Waals surface area contributed by atoms with Gasteiger partial charge in [0, 0.05) is 13.2 Å². The lowest BCUT2D eigenvalue weighted by Crippen LogP contribution is -2.48. The third kappa shape index (κ3) is 4.78. The lowest BCUT2D eigenvalue weighted by molar-refractivity contribution is 0.00567. The van der Waals surface area contributed by atoms with Crippen LogP contribution in [0.4, 0.5) is 0 Å². The Bertz CT molecular complexity index is 202. The molecule has 0 aromatic carbocycles. The van der Waals surface area contributed by atoms with E-state index in [2.05, 4.69) is 12.0 Å². The first kappa shape index (κ1) is 14.7. The molecule has 100 valence electrons. The molecule has 3 nitrogen and oxygen atoms in total. The Morgan fingerprint density at radius 1 is 1.41 bits per heavy atom. The second-order valence-electron chi connectivity index (χ2n) is 5.09. The van der Waals surface area contributed by atoms with Crippen molar-refractivity contribution in [3.63, 3.8) is 0 Å². The van der Waals surface area contributed by atoms with Crippen LogP contribution in [0.1, 0.15) is 51.4 Å². The molecule has 1 aliphatic rings. The largest absolute Gasteiger partial charge is 0.379 e. The number of allylic oxidation sites excluding steroid dienone is 1. The van der Waals surface area contributed by atoms with E-state index in [1.54, 1.807) is 0 Å². The highest BCUT2D eigenvalue weighted by atomic mass is 16.5. The summed E-state index contributed by atoms with van der Waals surface area (Å²) in [5.41, 5.74) is 2.95. The third-order valence-corrected chi connectivity index (χ3v) is 3.92. The molecule has 1 saturated carbocycles. The highest BCUT2D eigenvalue weighted by Crippen LogP contribution is 2.30. The van der Waals surface area contributed by atoms with E-state index in [0.717, 1.165) is 19.3 Å². The predicted molar refractivity (Wildman–Crippen MR) is 72.5 cm³/mol. The Morgan fingerprint density at radius 3 is 2.65 bits per heavy atom. The molecule has 0 aromatic rings.